The molecule has 1 amide bonds. The van der Waals surface area contributed by atoms with Crippen LogP contribution in [0.25, 0.3) is 17.1 Å². The Bertz CT molecular complexity index is 1070. The van der Waals surface area contributed by atoms with E-state index in [0.29, 0.717) is 24.1 Å². The third kappa shape index (κ3) is 4.77. The van der Waals surface area contributed by atoms with Gasteiger partial charge in [-0.05, 0) is 26.0 Å². The van der Waals surface area contributed by atoms with E-state index in [9.17, 15) is 13.6 Å². The number of rotatable bonds is 5. The molecular formula is C22H22F2N4O2S. The first-order valence-electron chi connectivity index (χ1n) is 9.94. The first-order valence-corrected chi connectivity index (χ1v) is 10.9. The highest BCUT2D eigenvalue weighted by Crippen LogP contribution is 2.29. The van der Waals surface area contributed by atoms with Gasteiger partial charge in [-0.25, -0.2) is 8.78 Å². The molecule has 1 aliphatic heterocycles. The molecule has 0 unspecified atom stereocenters. The molecule has 0 aliphatic carbocycles. The van der Waals surface area contributed by atoms with Crippen molar-refractivity contribution in [3.8, 4) is 17.1 Å². The number of hydrogen-bond acceptors (Lipinski definition) is 5. The zero-order valence-corrected chi connectivity index (χ0v) is 18.0. The summed E-state index contributed by atoms with van der Waals surface area (Å²) in [5, 5.41) is 8.78. The summed E-state index contributed by atoms with van der Waals surface area (Å²) in [6, 6.07) is 12.6. The summed E-state index contributed by atoms with van der Waals surface area (Å²) in [5.41, 5.74) is 0.849. The lowest BCUT2D eigenvalue weighted by atomic mass is 10.2. The molecule has 0 spiro atoms. The van der Waals surface area contributed by atoms with Crippen molar-refractivity contribution < 1.29 is 18.3 Å². The van der Waals surface area contributed by atoms with Crippen molar-refractivity contribution in [1.82, 2.24) is 19.7 Å². The molecule has 1 fully saturated rings. The van der Waals surface area contributed by atoms with Gasteiger partial charge in [0.1, 0.15) is 11.6 Å². The zero-order valence-electron chi connectivity index (χ0n) is 17.2. The van der Waals surface area contributed by atoms with Crippen LogP contribution in [0.5, 0.6) is 0 Å². The summed E-state index contributed by atoms with van der Waals surface area (Å²) in [7, 11) is 0. The maximum Gasteiger partial charge on any atom is 0.233 e. The first kappa shape index (κ1) is 21.5. The minimum atomic E-state index is -0.735. The van der Waals surface area contributed by atoms with E-state index >= 15 is 0 Å². The minimum absolute atomic E-state index is 0.0284. The monoisotopic (exact) mass is 444 g/mol. The quantitative estimate of drug-likeness (QED) is 0.558. The van der Waals surface area contributed by atoms with Gasteiger partial charge in [-0.15, -0.1) is 10.2 Å². The minimum Gasteiger partial charge on any atom is -0.372 e. The highest BCUT2D eigenvalue weighted by atomic mass is 32.2. The fourth-order valence-electron chi connectivity index (χ4n) is 3.62. The van der Waals surface area contributed by atoms with E-state index in [1.807, 2.05) is 44.2 Å². The van der Waals surface area contributed by atoms with E-state index in [1.165, 1.54) is 28.5 Å². The van der Waals surface area contributed by atoms with E-state index in [1.54, 1.807) is 4.90 Å². The molecule has 0 N–H and O–H groups in total. The Labute approximate surface area is 183 Å². The number of hydrogen-bond donors (Lipinski definition) is 0. The van der Waals surface area contributed by atoms with Crippen LogP contribution in [0.15, 0.2) is 53.7 Å². The maximum atomic E-state index is 14.7. The number of ether oxygens (including phenoxy) is 1. The van der Waals surface area contributed by atoms with E-state index < -0.39 is 11.6 Å². The van der Waals surface area contributed by atoms with Crippen molar-refractivity contribution >= 4 is 17.7 Å². The SMILES string of the molecule is C[C@@H]1CN(C(=O)CSc2nnc(-c3ccccc3)n2-c2ccc(F)cc2F)C[C@H](C)O1. The van der Waals surface area contributed by atoms with Crippen LogP contribution in [-0.2, 0) is 9.53 Å². The average Bonchev–Trinajstić information content (AvgIpc) is 3.15. The second-order valence-corrected chi connectivity index (χ2v) is 8.39. The van der Waals surface area contributed by atoms with Crippen LogP contribution in [0.1, 0.15) is 13.8 Å². The molecule has 31 heavy (non-hydrogen) atoms. The van der Waals surface area contributed by atoms with Gasteiger partial charge in [0, 0.05) is 24.7 Å². The summed E-state index contributed by atoms with van der Waals surface area (Å²) < 4.78 is 35.3. The number of amides is 1. The zero-order chi connectivity index (χ0) is 22.0. The number of aromatic nitrogens is 3. The first-order chi connectivity index (χ1) is 14.9. The van der Waals surface area contributed by atoms with Crippen LogP contribution in [0.2, 0.25) is 0 Å². The maximum absolute atomic E-state index is 14.7. The highest BCUT2D eigenvalue weighted by molar-refractivity contribution is 7.99. The molecule has 0 radical (unpaired) electrons. The molecule has 0 bridgehead atoms. The topological polar surface area (TPSA) is 60.2 Å². The number of morpholine rings is 1. The number of halogens is 2. The van der Waals surface area contributed by atoms with Crippen molar-refractivity contribution in [1.29, 1.82) is 0 Å². The number of nitrogens with zero attached hydrogens (tertiary/aromatic N) is 4. The van der Waals surface area contributed by atoms with Crippen molar-refractivity contribution in [2.24, 2.45) is 0 Å². The van der Waals surface area contributed by atoms with Gasteiger partial charge >= 0.3 is 0 Å². The van der Waals surface area contributed by atoms with E-state index in [2.05, 4.69) is 10.2 Å². The van der Waals surface area contributed by atoms with Gasteiger partial charge in [0.2, 0.25) is 5.91 Å². The molecule has 6 nitrogen and oxygen atoms in total. The Morgan fingerprint density at radius 1 is 1.10 bits per heavy atom. The molecule has 2 aromatic carbocycles. The van der Waals surface area contributed by atoms with E-state index in [-0.39, 0.29) is 29.6 Å². The number of thioether (sulfide) groups is 1. The smallest absolute Gasteiger partial charge is 0.233 e. The van der Waals surface area contributed by atoms with Crippen LogP contribution >= 0.6 is 11.8 Å². The number of benzene rings is 2. The van der Waals surface area contributed by atoms with Crippen molar-refractivity contribution in [3.63, 3.8) is 0 Å². The van der Waals surface area contributed by atoms with Gasteiger partial charge < -0.3 is 9.64 Å². The molecular weight excluding hydrogens is 422 g/mol. The molecule has 1 aliphatic rings. The predicted molar refractivity (Wildman–Crippen MR) is 114 cm³/mol. The summed E-state index contributed by atoms with van der Waals surface area (Å²) in [5.74, 6) is -0.927. The Balaban J connectivity index is 1.63. The van der Waals surface area contributed by atoms with E-state index in [0.717, 1.165) is 11.6 Å². The van der Waals surface area contributed by atoms with Gasteiger partial charge in [0.05, 0.1) is 23.6 Å². The van der Waals surface area contributed by atoms with Gasteiger partial charge in [-0.1, -0.05) is 42.1 Å². The molecule has 4 rings (SSSR count). The molecule has 2 heterocycles. The lowest BCUT2D eigenvalue weighted by Gasteiger charge is -2.35. The molecule has 3 aromatic rings. The molecule has 1 saturated heterocycles. The fraction of sp³-hybridized carbons (Fsp3) is 0.318. The second-order valence-electron chi connectivity index (χ2n) is 7.45. The second kappa shape index (κ2) is 9.15. The van der Waals surface area contributed by atoms with Crippen molar-refractivity contribution in [2.45, 2.75) is 31.2 Å². The molecule has 0 saturated carbocycles. The predicted octanol–water partition coefficient (Wildman–Crippen LogP) is 3.94. The molecule has 2 atom stereocenters. The van der Waals surface area contributed by atoms with Crippen LogP contribution in [0.3, 0.4) is 0 Å². The Morgan fingerprint density at radius 2 is 1.81 bits per heavy atom. The number of carbonyl (C=O) groups excluding carboxylic acids is 1. The van der Waals surface area contributed by atoms with Gasteiger partial charge in [-0.3, -0.25) is 9.36 Å². The third-order valence-corrected chi connectivity index (χ3v) is 5.83. The third-order valence-electron chi connectivity index (χ3n) is 4.91. The lowest BCUT2D eigenvalue weighted by molar-refractivity contribution is -0.140. The van der Waals surface area contributed by atoms with Gasteiger partial charge in [0.25, 0.3) is 0 Å². The van der Waals surface area contributed by atoms with Crippen LogP contribution in [0.4, 0.5) is 8.78 Å². The summed E-state index contributed by atoms with van der Waals surface area (Å²) in [6.45, 7) is 4.92. The van der Waals surface area contributed by atoms with E-state index in [4.69, 9.17) is 4.74 Å². The Hall–Kier alpha value is -2.78. The molecule has 1 aromatic heterocycles. The lowest BCUT2D eigenvalue weighted by Crippen LogP contribution is -2.48. The van der Waals surface area contributed by atoms with Crippen LogP contribution in [0, 0.1) is 11.6 Å². The van der Waals surface area contributed by atoms with Crippen LogP contribution in [-0.4, -0.2) is 56.6 Å². The van der Waals surface area contributed by atoms with Crippen molar-refractivity contribution in [2.75, 3.05) is 18.8 Å². The van der Waals surface area contributed by atoms with Gasteiger partial charge in [-0.2, -0.15) is 0 Å². The number of carbonyl (C=O) groups is 1. The molecule has 9 heteroatoms. The Kier molecular flexibility index (Phi) is 6.33. The van der Waals surface area contributed by atoms with Crippen LogP contribution < -0.4 is 0 Å². The average molecular weight is 445 g/mol. The summed E-state index contributed by atoms with van der Waals surface area (Å²) >= 11 is 1.17. The molecule has 162 valence electrons. The Morgan fingerprint density at radius 3 is 2.48 bits per heavy atom. The summed E-state index contributed by atoms with van der Waals surface area (Å²) in [4.78, 5) is 14.5. The standard InChI is InChI=1S/C22H22F2N4O2S/c1-14-11-27(12-15(2)30-14)20(29)13-31-22-26-25-21(16-6-4-3-5-7-16)28(22)19-9-8-17(23)10-18(19)24/h3-10,14-15H,11-13H2,1-2H3/t14-,15+. The van der Waals surface area contributed by atoms with Gasteiger partial charge in [0.15, 0.2) is 11.0 Å². The van der Waals surface area contributed by atoms with Crippen molar-refractivity contribution in [3.05, 3.63) is 60.2 Å². The normalized spacial score (nSPS) is 18.9. The highest BCUT2D eigenvalue weighted by Gasteiger charge is 2.27. The largest absolute Gasteiger partial charge is 0.372 e. The summed E-state index contributed by atoms with van der Waals surface area (Å²) in [6.07, 6.45) is -0.0568. The fourth-order valence-corrected chi connectivity index (χ4v) is 4.46.